The number of rotatable bonds is 1. The maximum absolute atomic E-state index is 12.5. The predicted octanol–water partition coefficient (Wildman–Crippen LogP) is 3.57. The van der Waals surface area contributed by atoms with E-state index in [-0.39, 0.29) is 5.88 Å². The van der Waals surface area contributed by atoms with Gasteiger partial charge < -0.3 is 4.40 Å². The molecule has 0 aliphatic carbocycles. The molecule has 0 fully saturated rings. The molecule has 0 bridgehead atoms. The zero-order chi connectivity index (χ0) is 12.6. The summed E-state index contributed by atoms with van der Waals surface area (Å²) in [4.78, 5) is 0. The first-order chi connectivity index (χ1) is 7.97. The van der Waals surface area contributed by atoms with E-state index in [0.29, 0.717) is 16.6 Å². The molecule has 2 heterocycles. The van der Waals surface area contributed by atoms with Crippen molar-refractivity contribution in [2.24, 2.45) is 0 Å². The second kappa shape index (κ2) is 3.97. The molecule has 0 radical (unpaired) electrons. The van der Waals surface area contributed by atoms with Crippen LogP contribution in [0.3, 0.4) is 0 Å². The number of fused-ring (bicyclic) bond motifs is 1. The molecule has 2 rings (SSSR count). The van der Waals surface area contributed by atoms with Crippen LogP contribution in [0.2, 0.25) is 0 Å². The first-order valence-electron chi connectivity index (χ1n) is 4.64. The van der Waals surface area contributed by atoms with Gasteiger partial charge in [0.1, 0.15) is 6.07 Å². The maximum Gasteiger partial charge on any atom is 0.417 e. The molecule has 2 aromatic heterocycles. The standard InChI is InChI=1S/C11H6ClF3N2/c12-3-7-5-17-6-8(11(13,14)15)1-2-10(17)9(7)4-16/h1-2,5-6H,3H2. The first-order valence-corrected chi connectivity index (χ1v) is 5.17. The van der Waals surface area contributed by atoms with Crippen LogP contribution in [0.1, 0.15) is 16.7 Å². The molecule has 0 aliphatic heterocycles. The Morgan fingerprint density at radius 2 is 2.00 bits per heavy atom. The van der Waals surface area contributed by atoms with Gasteiger partial charge in [-0.3, -0.25) is 0 Å². The largest absolute Gasteiger partial charge is 0.417 e. The Labute approximate surface area is 99.8 Å². The summed E-state index contributed by atoms with van der Waals surface area (Å²) in [6.07, 6.45) is -2.01. The predicted molar refractivity (Wildman–Crippen MR) is 56.7 cm³/mol. The topological polar surface area (TPSA) is 28.2 Å². The second-order valence-corrected chi connectivity index (χ2v) is 3.75. The molecule has 0 amide bonds. The molecular weight excluding hydrogens is 253 g/mol. The third-order valence-corrected chi connectivity index (χ3v) is 2.72. The number of nitriles is 1. The van der Waals surface area contributed by atoms with Crippen molar-refractivity contribution in [1.82, 2.24) is 4.40 Å². The number of halogens is 4. The molecule has 0 aromatic carbocycles. The molecule has 0 N–H and O–H groups in total. The van der Waals surface area contributed by atoms with Crippen molar-refractivity contribution in [3.8, 4) is 6.07 Å². The minimum Gasteiger partial charge on any atom is -0.322 e. The molecule has 6 heteroatoms. The lowest BCUT2D eigenvalue weighted by Crippen LogP contribution is -2.05. The van der Waals surface area contributed by atoms with Crippen LogP contribution in [0.4, 0.5) is 13.2 Å². The van der Waals surface area contributed by atoms with Gasteiger partial charge in [-0.1, -0.05) is 0 Å². The highest BCUT2D eigenvalue weighted by Crippen LogP contribution is 2.30. The fraction of sp³-hybridized carbons (Fsp3) is 0.182. The Morgan fingerprint density at radius 1 is 1.29 bits per heavy atom. The molecular formula is C11H6ClF3N2. The van der Waals surface area contributed by atoms with Crippen LogP contribution in [0.25, 0.3) is 5.52 Å². The van der Waals surface area contributed by atoms with Crippen molar-refractivity contribution in [3.05, 3.63) is 41.2 Å². The van der Waals surface area contributed by atoms with Gasteiger partial charge in [-0.05, 0) is 12.1 Å². The highest BCUT2D eigenvalue weighted by atomic mass is 35.5. The third-order valence-electron chi connectivity index (χ3n) is 2.43. The van der Waals surface area contributed by atoms with Gasteiger partial charge in [-0.2, -0.15) is 18.4 Å². The Balaban J connectivity index is 2.69. The zero-order valence-corrected chi connectivity index (χ0v) is 9.18. The van der Waals surface area contributed by atoms with Gasteiger partial charge in [0.15, 0.2) is 0 Å². The van der Waals surface area contributed by atoms with Crippen molar-refractivity contribution >= 4 is 17.1 Å². The van der Waals surface area contributed by atoms with Crippen LogP contribution in [0.15, 0.2) is 24.5 Å². The molecule has 88 valence electrons. The first kappa shape index (κ1) is 11.8. The molecule has 0 aliphatic rings. The quantitative estimate of drug-likeness (QED) is 0.719. The van der Waals surface area contributed by atoms with Gasteiger partial charge in [0.25, 0.3) is 0 Å². The average molecular weight is 259 g/mol. The molecule has 0 unspecified atom stereocenters. The summed E-state index contributed by atoms with van der Waals surface area (Å²) in [5, 5.41) is 8.92. The molecule has 2 nitrogen and oxygen atoms in total. The van der Waals surface area contributed by atoms with Crippen LogP contribution in [0.5, 0.6) is 0 Å². The van der Waals surface area contributed by atoms with E-state index in [9.17, 15) is 13.2 Å². The van der Waals surface area contributed by atoms with E-state index in [1.165, 1.54) is 16.7 Å². The van der Waals surface area contributed by atoms with Crippen molar-refractivity contribution < 1.29 is 13.2 Å². The smallest absolute Gasteiger partial charge is 0.322 e. The lowest BCUT2D eigenvalue weighted by molar-refractivity contribution is -0.137. The van der Waals surface area contributed by atoms with Crippen LogP contribution in [0, 0.1) is 11.3 Å². The zero-order valence-electron chi connectivity index (χ0n) is 8.42. The van der Waals surface area contributed by atoms with E-state index in [2.05, 4.69) is 0 Å². The fourth-order valence-electron chi connectivity index (χ4n) is 1.63. The number of hydrogen-bond donors (Lipinski definition) is 0. The SMILES string of the molecule is N#Cc1c(CCl)cn2cc(C(F)(F)F)ccc12. The Morgan fingerprint density at radius 3 is 2.53 bits per heavy atom. The Bertz CT molecular complexity index is 607. The summed E-state index contributed by atoms with van der Waals surface area (Å²) in [5.74, 6) is 0.0892. The van der Waals surface area contributed by atoms with Gasteiger partial charge in [-0.25, -0.2) is 0 Å². The van der Waals surface area contributed by atoms with E-state index in [1.807, 2.05) is 6.07 Å². The van der Waals surface area contributed by atoms with E-state index in [0.717, 1.165) is 12.3 Å². The lowest BCUT2D eigenvalue weighted by atomic mass is 10.2. The van der Waals surface area contributed by atoms with E-state index in [4.69, 9.17) is 16.9 Å². The highest BCUT2D eigenvalue weighted by Gasteiger charge is 2.31. The number of pyridine rings is 1. The summed E-state index contributed by atoms with van der Waals surface area (Å²) >= 11 is 5.63. The third kappa shape index (κ3) is 1.96. The summed E-state index contributed by atoms with van der Waals surface area (Å²) in [6, 6.07) is 4.17. The number of nitrogens with zero attached hydrogens (tertiary/aromatic N) is 2. The highest BCUT2D eigenvalue weighted by molar-refractivity contribution is 6.17. The Hall–Kier alpha value is -1.67. The fourth-order valence-corrected chi connectivity index (χ4v) is 1.83. The monoisotopic (exact) mass is 258 g/mol. The molecule has 0 spiro atoms. The van der Waals surface area contributed by atoms with Crippen molar-refractivity contribution in [3.63, 3.8) is 0 Å². The summed E-state index contributed by atoms with van der Waals surface area (Å²) in [5.41, 5.74) is 0.504. The van der Waals surface area contributed by atoms with Gasteiger partial charge in [0, 0.05) is 18.0 Å². The van der Waals surface area contributed by atoms with Crippen LogP contribution >= 0.6 is 11.6 Å². The minimum atomic E-state index is -4.40. The Kier molecular flexibility index (Phi) is 2.76. The van der Waals surface area contributed by atoms with Crippen molar-refractivity contribution in [1.29, 1.82) is 5.26 Å². The number of aromatic nitrogens is 1. The van der Waals surface area contributed by atoms with Gasteiger partial charge >= 0.3 is 6.18 Å². The number of hydrogen-bond acceptors (Lipinski definition) is 1. The average Bonchev–Trinajstić information content (AvgIpc) is 2.64. The van der Waals surface area contributed by atoms with Crippen molar-refractivity contribution in [2.45, 2.75) is 12.1 Å². The van der Waals surface area contributed by atoms with E-state index < -0.39 is 11.7 Å². The van der Waals surface area contributed by atoms with Crippen LogP contribution < -0.4 is 0 Å². The molecule has 0 atom stereocenters. The summed E-state index contributed by atoms with van der Waals surface area (Å²) < 4.78 is 38.7. The second-order valence-electron chi connectivity index (χ2n) is 3.48. The van der Waals surface area contributed by atoms with Gasteiger partial charge in [-0.15, -0.1) is 11.6 Å². The number of alkyl halides is 4. The van der Waals surface area contributed by atoms with Crippen LogP contribution in [-0.2, 0) is 12.1 Å². The summed E-state index contributed by atoms with van der Waals surface area (Å²) in [7, 11) is 0. The molecule has 17 heavy (non-hydrogen) atoms. The maximum atomic E-state index is 12.5. The molecule has 0 saturated carbocycles. The minimum absolute atomic E-state index is 0.0892. The lowest BCUT2D eigenvalue weighted by Gasteiger charge is -2.06. The van der Waals surface area contributed by atoms with Crippen molar-refractivity contribution in [2.75, 3.05) is 0 Å². The van der Waals surface area contributed by atoms with Gasteiger partial charge in [0.2, 0.25) is 0 Å². The van der Waals surface area contributed by atoms with Gasteiger partial charge in [0.05, 0.1) is 22.5 Å². The summed E-state index contributed by atoms with van der Waals surface area (Å²) in [6.45, 7) is 0. The normalized spacial score (nSPS) is 11.7. The molecule has 2 aromatic rings. The van der Waals surface area contributed by atoms with Crippen LogP contribution in [-0.4, -0.2) is 4.40 Å². The van der Waals surface area contributed by atoms with E-state index >= 15 is 0 Å². The molecule has 0 saturated heterocycles. The van der Waals surface area contributed by atoms with E-state index in [1.54, 1.807) is 0 Å².